The van der Waals surface area contributed by atoms with Gasteiger partial charge in [-0.25, -0.2) is 13.2 Å². The average molecular weight is 624 g/mol. The molecular weight excluding hydrogens is 587 g/mol. The number of benzene rings is 3. The molecule has 9 heteroatoms. The second-order valence-electron chi connectivity index (χ2n) is 14.5. The molecule has 3 atom stereocenters. The number of anilines is 1. The number of ether oxygens (including phenoxy) is 1. The number of rotatable bonds is 7. The van der Waals surface area contributed by atoms with Gasteiger partial charge in [0.1, 0.15) is 11.3 Å². The number of likely N-dealkylation sites (tertiary alicyclic amines) is 1. The fourth-order valence-corrected chi connectivity index (χ4v) is 8.43. The molecule has 3 saturated heterocycles. The summed E-state index contributed by atoms with van der Waals surface area (Å²) in [5.41, 5.74) is 1.15. The smallest absolute Gasteiger partial charge is 0.319 e. The summed E-state index contributed by atoms with van der Waals surface area (Å²) in [6.07, 6.45) is 10.6. The first-order valence-electron chi connectivity index (χ1n) is 16.5. The molecule has 5 fully saturated rings. The van der Waals surface area contributed by atoms with E-state index in [9.17, 15) is 8.78 Å². The van der Waals surface area contributed by atoms with Crippen LogP contribution in [0.5, 0.6) is 6.01 Å². The van der Waals surface area contributed by atoms with Crippen molar-refractivity contribution < 1.29 is 17.9 Å². The molecule has 3 unspecified atom stereocenters. The van der Waals surface area contributed by atoms with Gasteiger partial charge in [0.05, 0.1) is 12.0 Å². The van der Waals surface area contributed by atoms with Crippen LogP contribution in [-0.4, -0.2) is 72.2 Å². The summed E-state index contributed by atoms with van der Waals surface area (Å²) < 4.78 is 51.2. The Kier molecular flexibility index (Phi) is 6.20. The van der Waals surface area contributed by atoms with Gasteiger partial charge >= 0.3 is 6.01 Å². The normalized spacial score (nSPS) is 27.4. The monoisotopic (exact) mass is 623 g/mol. The molecule has 4 heterocycles. The Morgan fingerprint density at radius 3 is 2.43 bits per heavy atom. The predicted octanol–water partition coefficient (Wildman–Crippen LogP) is 6.40. The third-order valence-corrected chi connectivity index (χ3v) is 11.3. The zero-order chi connectivity index (χ0) is 31.3. The van der Waals surface area contributed by atoms with Gasteiger partial charge in [-0.15, -0.1) is 6.42 Å². The molecular formula is C37H36F3N5O. The van der Waals surface area contributed by atoms with Crippen LogP contribution in [0.1, 0.15) is 44.1 Å². The average Bonchev–Trinajstić information content (AvgIpc) is 3.81. The summed E-state index contributed by atoms with van der Waals surface area (Å²) >= 11 is 0. The molecule has 3 aliphatic heterocycles. The highest BCUT2D eigenvalue weighted by Gasteiger charge is 2.72. The van der Waals surface area contributed by atoms with Crippen LogP contribution in [0.2, 0.25) is 0 Å². The van der Waals surface area contributed by atoms with Crippen LogP contribution >= 0.6 is 0 Å². The van der Waals surface area contributed by atoms with Crippen molar-refractivity contribution in [2.75, 3.05) is 44.2 Å². The van der Waals surface area contributed by atoms with E-state index in [0.29, 0.717) is 60.5 Å². The van der Waals surface area contributed by atoms with Gasteiger partial charge in [0.25, 0.3) is 5.92 Å². The molecule has 0 amide bonds. The summed E-state index contributed by atoms with van der Waals surface area (Å²) in [5.74, 6) is 0.498. The van der Waals surface area contributed by atoms with Crippen molar-refractivity contribution in [3.05, 3.63) is 59.9 Å². The molecule has 46 heavy (non-hydrogen) atoms. The van der Waals surface area contributed by atoms with Crippen molar-refractivity contribution in [3.8, 4) is 29.5 Å². The number of hydrogen-bond donors (Lipinski definition) is 1. The number of hydrogen-bond acceptors (Lipinski definition) is 6. The van der Waals surface area contributed by atoms with E-state index in [2.05, 4.69) is 21.0 Å². The number of halogens is 3. The number of fused-ring (bicyclic) bond motifs is 4. The van der Waals surface area contributed by atoms with E-state index >= 15 is 4.39 Å². The van der Waals surface area contributed by atoms with E-state index in [1.807, 2.05) is 48.5 Å². The first-order chi connectivity index (χ1) is 22.3. The van der Waals surface area contributed by atoms with Crippen molar-refractivity contribution in [1.82, 2.24) is 20.2 Å². The van der Waals surface area contributed by atoms with E-state index in [-0.39, 0.29) is 23.4 Å². The molecule has 9 rings (SSSR count). The van der Waals surface area contributed by atoms with Crippen LogP contribution in [0.25, 0.3) is 32.8 Å². The highest BCUT2D eigenvalue weighted by molar-refractivity contribution is 6.03. The van der Waals surface area contributed by atoms with Gasteiger partial charge in [-0.2, -0.15) is 9.97 Å². The maximum atomic E-state index is 16.8. The van der Waals surface area contributed by atoms with Crippen molar-refractivity contribution in [2.24, 2.45) is 10.8 Å². The van der Waals surface area contributed by atoms with Crippen molar-refractivity contribution in [1.29, 1.82) is 0 Å². The predicted molar refractivity (Wildman–Crippen MR) is 173 cm³/mol. The van der Waals surface area contributed by atoms with E-state index in [1.165, 1.54) is 0 Å². The van der Waals surface area contributed by atoms with Gasteiger partial charge in [0.2, 0.25) is 0 Å². The van der Waals surface area contributed by atoms with Gasteiger partial charge in [-0.05, 0) is 61.7 Å². The molecule has 1 N–H and O–H groups in total. The van der Waals surface area contributed by atoms with E-state index < -0.39 is 17.2 Å². The van der Waals surface area contributed by atoms with Gasteiger partial charge in [-0.1, -0.05) is 42.3 Å². The van der Waals surface area contributed by atoms with Crippen LogP contribution in [0, 0.1) is 29.0 Å². The number of piperazine rings is 1. The third-order valence-electron chi connectivity index (χ3n) is 11.3. The lowest BCUT2D eigenvalue weighted by molar-refractivity contribution is 0.0644. The third kappa shape index (κ3) is 4.56. The Morgan fingerprint density at radius 1 is 0.978 bits per heavy atom. The number of aromatic nitrogens is 2. The molecule has 3 aromatic carbocycles. The van der Waals surface area contributed by atoms with Gasteiger partial charge in [-0.3, -0.25) is 0 Å². The SMILES string of the molecule is C#Cc1cccc2cccc(-c3ccc4c(N5CC6CCC(C5)N6)nc(OCC5(CN6CCC7(C6)CC7(F)F)CC5)nc4c3F)c12. The summed E-state index contributed by atoms with van der Waals surface area (Å²) in [7, 11) is 0. The highest BCUT2D eigenvalue weighted by Crippen LogP contribution is 2.65. The van der Waals surface area contributed by atoms with Crippen molar-refractivity contribution in [3.63, 3.8) is 0 Å². The van der Waals surface area contributed by atoms with Gasteiger partial charge in [0, 0.05) is 72.0 Å². The van der Waals surface area contributed by atoms with Gasteiger partial charge in [0.15, 0.2) is 5.82 Å². The molecule has 2 bridgehead atoms. The maximum Gasteiger partial charge on any atom is 0.319 e. The molecule has 1 aromatic heterocycles. The quantitative estimate of drug-likeness (QED) is 0.241. The minimum absolute atomic E-state index is 0.0117. The fraction of sp³-hybridized carbons (Fsp3) is 0.459. The largest absolute Gasteiger partial charge is 0.463 e. The van der Waals surface area contributed by atoms with E-state index in [0.717, 1.165) is 61.7 Å². The van der Waals surface area contributed by atoms with Crippen LogP contribution in [0.15, 0.2) is 48.5 Å². The second-order valence-corrected chi connectivity index (χ2v) is 14.5. The zero-order valence-electron chi connectivity index (χ0n) is 25.7. The molecule has 2 saturated carbocycles. The minimum atomic E-state index is -2.52. The molecule has 0 radical (unpaired) electrons. The highest BCUT2D eigenvalue weighted by atomic mass is 19.3. The Bertz CT molecular complexity index is 1920. The van der Waals surface area contributed by atoms with E-state index in [4.69, 9.17) is 21.1 Å². The Balaban J connectivity index is 1.07. The lowest BCUT2D eigenvalue weighted by Crippen LogP contribution is -2.51. The van der Waals surface area contributed by atoms with Crippen LogP contribution in [0.3, 0.4) is 0 Å². The first-order valence-corrected chi connectivity index (χ1v) is 16.5. The molecule has 6 nitrogen and oxygen atoms in total. The Morgan fingerprint density at radius 2 is 1.74 bits per heavy atom. The fourth-order valence-electron chi connectivity index (χ4n) is 8.43. The molecule has 4 aromatic rings. The Labute approximate surface area is 266 Å². The summed E-state index contributed by atoms with van der Waals surface area (Å²) in [4.78, 5) is 14.0. The van der Waals surface area contributed by atoms with Crippen LogP contribution < -0.4 is 15.0 Å². The standard InChI is InChI=1S/C37H36F3N5O/c1-2-23-5-3-6-24-7-4-8-27(30(23)24)28-11-12-29-32(31(28)38)42-34(43-33(29)45-17-25-9-10-26(18-45)41-25)46-22-35(13-14-35)20-44-16-15-36(21-44)19-37(36,39)40/h1,3-8,11-12,25-26,41H,9-10,13-22H2. The van der Waals surface area contributed by atoms with Crippen LogP contribution in [0.4, 0.5) is 19.0 Å². The van der Waals surface area contributed by atoms with E-state index in [1.54, 1.807) is 0 Å². The number of alkyl halides is 2. The second kappa shape index (κ2) is 10.1. The maximum absolute atomic E-state index is 16.8. The molecule has 5 aliphatic rings. The molecule has 2 aliphatic carbocycles. The van der Waals surface area contributed by atoms with Crippen molar-refractivity contribution in [2.45, 2.75) is 56.5 Å². The molecule has 1 spiro atoms. The van der Waals surface area contributed by atoms with Gasteiger partial charge < -0.3 is 19.9 Å². The lowest BCUT2D eigenvalue weighted by atomic mass is 9.94. The minimum Gasteiger partial charge on any atom is -0.463 e. The lowest BCUT2D eigenvalue weighted by Gasteiger charge is -2.34. The number of terminal acetylenes is 1. The molecule has 236 valence electrons. The van der Waals surface area contributed by atoms with Crippen molar-refractivity contribution >= 4 is 27.5 Å². The van der Waals surface area contributed by atoms with Crippen LogP contribution in [-0.2, 0) is 0 Å². The summed E-state index contributed by atoms with van der Waals surface area (Å²) in [6, 6.07) is 16.2. The summed E-state index contributed by atoms with van der Waals surface area (Å²) in [5, 5.41) is 6.10. The number of nitrogens with zero attached hydrogens (tertiary/aromatic N) is 4. The summed E-state index contributed by atoms with van der Waals surface area (Å²) in [6.45, 7) is 3.82. The topological polar surface area (TPSA) is 53.5 Å². The number of nitrogens with one attached hydrogen (secondary N) is 1. The Hall–Kier alpha value is -3.87. The first kappa shape index (κ1) is 28.4. The zero-order valence-corrected chi connectivity index (χ0v) is 25.7.